The molecule has 0 aliphatic carbocycles. The van der Waals surface area contributed by atoms with Crippen LogP contribution in [0.3, 0.4) is 0 Å². The fourth-order valence-corrected chi connectivity index (χ4v) is 1.18. The predicted molar refractivity (Wildman–Crippen MR) is 43.6 cm³/mol. The Hall–Kier alpha value is -1.65. The minimum Gasteiger partial charge on any atom is -0.465 e. The van der Waals surface area contributed by atoms with E-state index in [9.17, 15) is 4.79 Å². The van der Waals surface area contributed by atoms with Crippen LogP contribution in [0.1, 0.15) is 0 Å². The normalized spacial score (nSPS) is 20.2. The van der Waals surface area contributed by atoms with E-state index in [1.54, 1.807) is 6.08 Å². The molecule has 0 aromatic heterocycles. The van der Waals surface area contributed by atoms with E-state index >= 15 is 0 Å². The zero-order valence-corrected chi connectivity index (χ0v) is 6.27. The summed E-state index contributed by atoms with van der Waals surface area (Å²) in [5.74, 6) is 0. The van der Waals surface area contributed by atoms with Crippen LogP contribution in [0.15, 0.2) is 21.8 Å². The third kappa shape index (κ3) is 0.990. The largest absolute Gasteiger partial charge is 0.465 e. The van der Waals surface area contributed by atoms with Crippen LogP contribution in [0.2, 0.25) is 0 Å². The quantitative estimate of drug-likeness (QED) is 0.562. The van der Waals surface area contributed by atoms with Crippen molar-refractivity contribution < 1.29 is 9.90 Å². The molecule has 0 saturated heterocycles. The van der Waals surface area contributed by atoms with E-state index in [4.69, 9.17) is 5.11 Å². The summed E-state index contributed by atoms with van der Waals surface area (Å²) in [6, 6.07) is 0. The third-order valence-corrected chi connectivity index (χ3v) is 1.82. The summed E-state index contributed by atoms with van der Waals surface area (Å²) >= 11 is 0. The van der Waals surface area contributed by atoms with Crippen molar-refractivity contribution in [1.29, 1.82) is 0 Å². The average Bonchev–Trinajstić information content (AvgIpc) is 2.49. The Bertz CT molecular complexity index is 317. The first-order valence-corrected chi connectivity index (χ1v) is 3.55. The van der Waals surface area contributed by atoms with Crippen molar-refractivity contribution >= 4 is 18.1 Å². The van der Waals surface area contributed by atoms with E-state index in [2.05, 4.69) is 9.98 Å². The molecule has 2 rings (SSSR count). The lowest BCUT2D eigenvalue weighted by atomic mass is 10.2. The van der Waals surface area contributed by atoms with Crippen LogP contribution < -0.4 is 0 Å². The topological polar surface area (TPSA) is 65.3 Å². The highest BCUT2D eigenvalue weighted by Gasteiger charge is 2.22. The van der Waals surface area contributed by atoms with Gasteiger partial charge in [-0.3, -0.25) is 4.90 Å². The molecule has 1 amide bonds. The number of hydrogen-bond donors (Lipinski definition) is 1. The zero-order valence-electron chi connectivity index (χ0n) is 6.27. The minimum absolute atomic E-state index is 0.348. The number of carbonyl (C=O) groups is 1. The van der Waals surface area contributed by atoms with Crippen LogP contribution in [0.25, 0.3) is 0 Å². The van der Waals surface area contributed by atoms with Crippen molar-refractivity contribution in [3.63, 3.8) is 0 Å². The zero-order chi connectivity index (χ0) is 8.55. The summed E-state index contributed by atoms with van der Waals surface area (Å²) in [6.45, 7) is 0.752. The second kappa shape index (κ2) is 2.44. The van der Waals surface area contributed by atoms with Gasteiger partial charge in [0.15, 0.2) is 0 Å². The molecule has 0 saturated carbocycles. The smallest absolute Gasteiger partial charge is 0.407 e. The first-order chi connectivity index (χ1) is 5.77. The number of aliphatic imine (C=N–C) groups is 2. The number of carboxylic acid groups (broad SMARTS) is 1. The predicted octanol–water partition coefficient (Wildman–Crippen LogP) is 0.347. The van der Waals surface area contributed by atoms with Crippen molar-refractivity contribution in [3.8, 4) is 0 Å². The van der Waals surface area contributed by atoms with Crippen LogP contribution in [0.5, 0.6) is 0 Å². The van der Waals surface area contributed by atoms with Gasteiger partial charge in [0.05, 0.1) is 18.0 Å². The molecule has 0 unspecified atom stereocenters. The Morgan fingerprint density at radius 2 is 2.50 bits per heavy atom. The van der Waals surface area contributed by atoms with Crippen molar-refractivity contribution in [1.82, 2.24) is 4.90 Å². The summed E-state index contributed by atoms with van der Waals surface area (Å²) in [5, 5.41) is 8.66. The van der Waals surface area contributed by atoms with E-state index in [0.29, 0.717) is 13.1 Å². The fraction of sp³-hybridized carbons (Fsp3) is 0.286. The number of rotatable bonds is 0. The molecule has 0 radical (unpaired) electrons. The number of fused-ring (bicyclic) bond motifs is 1. The molecule has 5 heteroatoms. The van der Waals surface area contributed by atoms with Gasteiger partial charge in [0.2, 0.25) is 0 Å². The number of amides is 1. The van der Waals surface area contributed by atoms with Gasteiger partial charge in [0.25, 0.3) is 0 Å². The summed E-state index contributed by atoms with van der Waals surface area (Å²) in [5.41, 5.74) is 1.55. The van der Waals surface area contributed by atoms with Gasteiger partial charge < -0.3 is 5.11 Å². The summed E-state index contributed by atoms with van der Waals surface area (Å²) in [4.78, 5) is 19.7. The van der Waals surface area contributed by atoms with E-state index in [1.165, 1.54) is 11.2 Å². The standard InChI is InChI=1S/C7H7N3O2/c11-7(12)10-2-1-5-6(3-10)9-4-8-5/h1,4H,2-3H2,(H,11,12). The van der Waals surface area contributed by atoms with Gasteiger partial charge in [0.1, 0.15) is 6.34 Å². The molecule has 0 fully saturated rings. The van der Waals surface area contributed by atoms with Gasteiger partial charge in [-0.25, -0.2) is 14.8 Å². The highest BCUT2D eigenvalue weighted by molar-refractivity contribution is 6.10. The average molecular weight is 165 g/mol. The van der Waals surface area contributed by atoms with Gasteiger partial charge in [-0.15, -0.1) is 0 Å². The number of nitrogens with zero attached hydrogens (tertiary/aromatic N) is 3. The molecule has 2 aliphatic heterocycles. The molecule has 1 N–H and O–H groups in total. The van der Waals surface area contributed by atoms with Gasteiger partial charge in [0, 0.05) is 6.54 Å². The molecule has 62 valence electrons. The highest BCUT2D eigenvalue weighted by Crippen LogP contribution is 2.13. The molecule has 12 heavy (non-hydrogen) atoms. The lowest BCUT2D eigenvalue weighted by Gasteiger charge is -2.21. The maximum absolute atomic E-state index is 10.5. The van der Waals surface area contributed by atoms with Crippen LogP contribution >= 0.6 is 0 Å². The maximum Gasteiger partial charge on any atom is 0.407 e. The van der Waals surface area contributed by atoms with Crippen LogP contribution in [0, 0.1) is 0 Å². The maximum atomic E-state index is 10.5. The Morgan fingerprint density at radius 3 is 3.25 bits per heavy atom. The van der Waals surface area contributed by atoms with Crippen molar-refractivity contribution in [2.24, 2.45) is 9.98 Å². The molecule has 2 heterocycles. The Kier molecular flexibility index (Phi) is 1.43. The van der Waals surface area contributed by atoms with Crippen molar-refractivity contribution in [2.45, 2.75) is 0 Å². The van der Waals surface area contributed by atoms with Gasteiger partial charge in [-0.2, -0.15) is 0 Å². The summed E-state index contributed by atoms with van der Waals surface area (Å²) < 4.78 is 0. The van der Waals surface area contributed by atoms with E-state index < -0.39 is 6.09 Å². The Morgan fingerprint density at radius 1 is 1.67 bits per heavy atom. The third-order valence-electron chi connectivity index (χ3n) is 1.82. The Labute approximate surface area is 68.7 Å². The molecule has 0 bridgehead atoms. The molecule has 5 nitrogen and oxygen atoms in total. The molecule has 0 atom stereocenters. The van der Waals surface area contributed by atoms with Gasteiger partial charge in [-0.05, 0) is 6.08 Å². The number of hydrogen-bond acceptors (Lipinski definition) is 3. The fourth-order valence-electron chi connectivity index (χ4n) is 1.18. The second-order valence-electron chi connectivity index (χ2n) is 2.57. The SMILES string of the molecule is O=C(O)N1CC=C2N=CN=C2C1. The van der Waals surface area contributed by atoms with Crippen molar-refractivity contribution in [3.05, 3.63) is 11.8 Å². The summed E-state index contributed by atoms with van der Waals surface area (Å²) in [6.07, 6.45) is 2.30. The van der Waals surface area contributed by atoms with Crippen molar-refractivity contribution in [2.75, 3.05) is 13.1 Å². The lowest BCUT2D eigenvalue weighted by molar-refractivity contribution is 0.156. The van der Waals surface area contributed by atoms with E-state index in [-0.39, 0.29) is 0 Å². The molecule has 0 spiro atoms. The monoisotopic (exact) mass is 165 g/mol. The van der Waals surface area contributed by atoms with Crippen LogP contribution in [-0.2, 0) is 0 Å². The van der Waals surface area contributed by atoms with E-state index in [1.807, 2.05) is 0 Å². The van der Waals surface area contributed by atoms with E-state index in [0.717, 1.165) is 11.4 Å². The van der Waals surface area contributed by atoms with Crippen LogP contribution in [0.4, 0.5) is 4.79 Å². The summed E-state index contributed by atoms with van der Waals surface area (Å²) in [7, 11) is 0. The highest BCUT2D eigenvalue weighted by atomic mass is 16.4. The Balaban J connectivity index is 2.21. The molecule has 0 aromatic carbocycles. The molecular formula is C7H7N3O2. The first kappa shape index (κ1) is 7.02. The molecule has 0 aromatic rings. The second-order valence-corrected chi connectivity index (χ2v) is 2.57. The molecule has 2 aliphatic rings. The minimum atomic E-state index is -0.917. The lowest BCUT2D eigenvalue weighted by Crippen LogP contribution is -2.37. The van der Waals surface area contributed by atoms with Crippen LogP contribution in [-0.4, -0.2) is 41.2 Å². The molecular weight excluding hydrogens is 158 g/mol. The first-order valence-electron chi connectivity index (χ1n) is 3.55. The van der Waals surface area contributed by atoms with Gasteiger partial charge in [-0.1, -0.05) is 0 Å². The van der Waals surface area contributed by atoms with Gasteiger partial charge >= 0.3 is 6.09 Å².